The van der Waals surface area contributed by atoms with Crippen molar-refractivity contribution in [3.8, 4) is 0 Å². The van der Waals surface area contributed by atoms with Crippen LogP contribution < -0.4 is 5.32 Å². The Hall–Kier alpha value is -1.46. The molecule has 2 rings (SSSR count). The van der Waals surface area contributed by atoms with Gasteiger partial charge in [0, 0.05) is 13.7 Å². The van der Waals surface area contributed by atoms with Gasteiger partial charge < -0.3 is 10.1 Å². The third kappa shape index (κ3) is 3.25. The number of methoxy groups -OCH3 is 1. The number of ether oxygens (including phenoxy) is 1. The average Bonchev–Trinajstić information content (AvgIpc) is 2.74. The molecular weight excluding hydrogens is 234 g/mol. The van der Waals surface area contributed by atoms with Gasteiger partial charge in [-0.15, -0.1) is 10.2 Å². The zero-order chi connectivity index (χ0) is 12.1. The molecule has 0 atom stereocenters. The SMILES string of the molecule is COCc1ccccc1CNc1nnc(C)s1. The van der Waals surface area contributed by atoms with E-state index >= 15 is 0 Å². The van der Waals surface area contributed by atoms with Crippen LogP contribution in [0.3, 0.4) is 0 Å². The van der Waals surface area contributed by atoms with Gasteiger partial charge in [-0.3, -0.25) is 0 Å². The first-order valence-electron chi connectivity index (χ1n) is 5.39. The molecule has 4 nitrogen and oxygen atoms in total. The summed E-state index contributed by atoms with van der Waals surface area (Å²) in [5.74, 6) is 0. The lowest BCUT2D eigenvalue weighted by Crippen LogP contribution is -2.03. The Labute approximate surface area is 105 Å². The molecule has 0 aliphatic carbocycles. The number of aromatic nitrogens is 2. The minimum Gasteiger partial charge on any atom is -0.380 e. The molecule has 0 saturated carbocycles. The number of nitrogens with zero attached hydrogens (tertiary/aromatic N) is 2. The number of hydrogen-bond donors (Lipinski definition) is 1. The lowest BCUT2D eigenvalue weighted by molar-refractivity contribution is 0.184. The van der Waals surface area contributed by atoms with Crippen molar-refractivity contribution in [3.05, 3.63) is 40.4 Å². The largest absolute Gasteiger partial charge is 0.380 e. The Kier molecular flexibility index (Phi) is 4.06. The summed E-state index contributed by atoms with van der Waals surface area (Å²) in [5.41, 5.74) is 2.42. The summed E-state index contributed by atoms with van der Waals surface area (Å²) in [6.45, 7) is 3.32. The number of hydrogen-bond acceptors (Lipinski definition) is 5. The van der Waals surface area contributed by atoms with Gasteiger partial charge >= 0.3 is 0 Å². The average molecular weight is 249 g/mol. The van der Waals surface area contributed by atoms with Crippen LogP contribution in [0.15, 0.2) is 24.3 Å². The Morgan fingerprint density at radius 1 is 1.24 bits per heavy atom. The molecule has 1 aromatic carbocycles. The Morgan fingerprint density at radius 2 is 2.00 bits per heavy atom. The molecule has 0 saturated heterocycles. The second-order valence-electron chi connectivity index (χ2n) is 3.68. The van der Waals surface area contributed by atoms with Crippen molar-refractivity contribution in [2.45, 2.75) is 20.1 Å². The van der Waals surface area contributed by atoms with Gasteiger partial charge in [0.1, 0.15) is 5.01 Å². The first-order chi connectivity index (χ1) is 8.29. The molecule has 2 aromatic rings. The summed E-state index contributed by atoms with van der Waals surface area (Å²) in [5, 5.41) is 13.1. The van der Waals surface area contributed by atoms with Crippen molar-refractivity contribution in [2.75, 3.05) is 12.4 Å². The maximum atomic E-state index is 5.17. The Bertz CT molecular complexity index is 484. The van der Waals surface area contributed by atoms with Crippen molar-refractivity contribution in [1.29, 1.82) is 0 Å². The highest BCUT2D eigenvalue weighted by Gasteiger charge is 2.03. The molecule has 5 heteroatoms. The third-order valence-corrected chi connectivity index (χ3v) is 3.17. The number of nitrogens with one attached hydrogen (secondary N) is 1. The maximum absolute atomic E-state index is 5.17. The second kappa shape index (κ2) is 5.75. The van der Waals surface area contributed by atoms with Crippen LogP contribution >= 0.6 is 11.3 Å². The minimum atomic E-state index is 0.632. The van der Waals surface area contributed by atoms with Crippen LogP contribution in [0.2, 0.25) is 0 Å². The van der Waals surface area contributed by atoms with E-state index in [0.717, 1.165) is 16.7 Å². The highest BCUT2D eigenvalue weighted by Crippen LogP contribution is 2.16. The standard InChI is InChI=1S/C12H15N3OS/c1-9-14-15-12(17-9)13-7-10-5-3-4-6-11(10)8-16-2/h3-6H,7-8H2,1-2H3,(H,13,15). The predicted octanol–water partition coefficient (Wildman–Crippen LogP) is 2.61. The molecule has 90 valence electrons. The van der Waals surface area contributed by atoms with Gasteiger partial charge in [0.2, 0.25) is 5.13 Å². The first kappa shape index (κ1) is 12.0. The quantitative estimate of drug-likeness (QED) is 0.884. The highest BCUT2D eigenvalue weighted by atomic mass is 32.1. The predicted molar refractivity (Wildman–Crippen MR) is 69.1 cm³/mol. The van der Waals surface area contributed by atoms with Crippen LogP contribution in [0, 0.1) is 6.92 Å². The Balaban J connectivity index is 2.03. The zero-order valence-corrected chi connectivity index (χ0v) is 10.8. The van der Waals surface area contributed by atoms with E-state index in [2.05, 4.69) is 27.6 Å². The molecule has 1 heterocycles. The monoisotopic (exact) mass is 249 g/mol. The van der Waals surface area contributed by atoms with Gasteiger partial charge in [0.05, 0.1) is 6.61 Å². The lowest BCUT2D eigenvalue weighted by Gasteiger charge is -2.08. The van der Waals surface area contributed by atoms with E-state index in [4.69, 9.17) is 4.74 Å². The van der Waals surface area contributed by atoms with Crippen molar-refractivity contribution in [1.82, 2.24) is 10.2 Å². The van der Waals surface area contributed by atoms with Crippen molar-refractivity contribution < 1.29 is 4.74 Å². The topological polar surface area (TPSA) is 47.0 Å². The van der Waals surface area contributed by atoms with Gasteiger partial charge in [0.25, 0.3) is 0 Å². The maximum Gasteiger partial charge on any atom is 0.205 e. The molecule has 0 bridgehead atoms. The van der Waals surface area contributed by atoms with Crippen molar-refractivity contribution >= 4 is 16.5 Å². The fourth-order valence-corrected chi connectivity index (χ4v) is 2.15. The van der Waals surface area contributed by atoms with Gasteiger partial charge in [0.15, 0.2) is 0 Å². The summed E-state index contributed by atoms with van der Waals surface area (Å²) in [4.78, 5) is 0. The number of anilines is 1. The van der Waals surface area contributed by atoms with Gasteiger partial charge in [-0.1, -0.05) is 35.6 Å². The first-order valence-corrected chi connectivity index (χ1v) is 6.21. The third-order valence-electron chi connectivity index (χ3n) is 2.37. The molecule has 0 aliphatic rings. The van der Waals surface area contributed by atoms with E-state index in [9.17, 15) is 0 Å². The Morgan fingerprint density at radius 3 is 2.65 bits per heavy atom. The van der Waals surface area contributed by atoms with E-state index in [-0.39, 0.29) is 0 Å². The van der Waals surface area contributed by atoms with E-state index < -0.39 is 0 Å². The van der Waals surface area contributed by atoms with Crippen LogP contribution in [-0.4, -0.2) is 17.3 Å². The molecule has 17 heavy (non-hydrogen) atoms. The van der Waals surface area contributed by atoms with Crippen LogP contribution in [0.5, 0.6) is 0 Å². The zero-order valence-electron chi connectivity index (χ0n) is 9.93. The number of benzene rings is 1. The molecule has 0 aliphatic heterocycles. The summed E-state index contributed by atoms with van der Waals surface area (Å²) in [6, 6.07) is 8.22. The number of rotatable bonds is 5. The molecular formula is C12H15N3OS. The molecule has 0 spiro atoms. The van der Waals surface area contributed by atoms with E-state index in [1.165, 1.54) is 11.1 Å². The fraction of sp³-hybridized carbons (Fsp3) is 0.333. The van der Waals surface area contributed by atoms with Gasteiger partial charge in [-0.25, -0.2) is 0 Å². The summed E-state index contributed by atoms with van der Waals surface area (Å²) in [7, 11) is 1.71. The van der Waals surface area contributed by atoms with E-state index in [1.54, 1.807) is 18.4 Å². The van der Waals surface area contributed by atoms with Crippen LogP contribution in [0.25, 0.3) is 0 Å². The van der Waals surface area contributed by atoms with Gasteiger partial charge in [-0.05, 0) is 18.1 Å². The molecule has 1 aromatic heterocycles. The number of aryl methyl sites for hydroxylation is 1. The smallest absolute Gasteiger partial charge is 0.205 e. The van der Waals surface area contributed by atoms with E-state index in [0.29, 0.717) is 6.61 Å². The minimum absolute atomic E-state index is 0.632. The second-order valence-corrected chi connectivity index (χ2v) is 4.86. The molecule has 0 radical (unpaired) electrons. The molecule has 1 N–H and O–H groups in total. The summed E-state index contributed by atoms with van der Waals surface area (Å²) >= 11 is 1.56. The summed E-state index contributed by atoms with van der Waals surface area (Å²) < 4.78 is 5.17. The van der Waals surface area contributed by atoms with Crippen molar-refractivity contribution in [3.63, 3.8) is 0 Å². The fourth-order valence-electron chi connectivity index (χ4n) is 1.57. The lowest BCUT2D eigenvalue weighted by atomic mass is 10.1. The normalized spacial score (nSPS) is 10.5. The highest BCUT2D eigenvalue weighted by molar-refractivity contribution is 7.15. The van der Waals surface area contributed by atoms with Crippen LogP contribution in [0.4, 0.5) is 5.13 Å². The van der Waals surface area contributed by atoms with Gasteiger partial charge in [-0.2, -0.15) is 0 Å². The summed E-state index contributed by atoms with van der Waals surface area (Å²) in [6.07, 6.45) is 0. The van der Waals surface area contributed by atoms with Crippen LogP contribution in [0.1, 0.15) is 16.1 Å². The van der Waals surface area contributed by atoms with Crippen LogP contribution in [-0.2, 0) is 17.9 Å². The molecule has 0 amide bonds. The molecule has 0 unspecified atom stereocenters. The molecule has 0 fully saturated rings. The van der Waals surface area contributed by atoms with Crippen molar-refractivity contribution in [2.24, 2.45) is 0 Å². The van der Waals surface area contributed by atoms with E-state index in [1.807, 2.05) is 19.1 Å².